The predicted octanol–water partition coefficient (Wildman–Crippen LogP) is 1.53. The summed E-state index contributed by atoms with van der Waals surface area (Å²) in [5.74, 6) is -0.280. The molecule has 0 fully saturated rings. The first-order valence-electron chi connectivity index (χ1n) is 6.70. The molecule has 20 heavy (non-hydrogen) atoms. The van der Waals surface area contributed by atoms with Gasteiger partial charge in [-0.25, -0.2) is 0 Å². The second-order valence-corrected chi connectivity index (χ2v) is 4.94. The second-order valence-electron chi connectivity index (χ2n) is 4.94. The number of hydrogen-bond donors (Lipinski definition) is 2. The van der Waals surface area contributed by atoms with Crippen molar-refractivity contribution in [3.8, 4) is 0 Å². The van der Waals surface area contributed by atoms with Crippen LogP contribution in [-0.2, 0) is 4.79 Å². The molecule has 0 bridgehead atoms. The van der Waals surface area contributed by atoms with Crippen LogP contribution in [0.3, 0.4) is 0 Å². The Hall–Kier alpha value is -1.72. The molecule has 0 radical (unpaired) electrons. The van der Waals surface area contributed by atoms with Gasteiger partial charge in [0.2, 0.25) is 5.91 Å². The van der Waals surface area contributed by atoms with Crippen LogP contribution in [0.15, 0.2) is 24.3 Å². The number of carbonyl (C=O) groups excluding carboxylic acids is 2. The number of aliphatic hydroxyl groups is 1. The molecule has 5 nitrogen and oxygen atoms in total. The van der Waals surface area contributed by atoms with Gasteiger partial charge in [-0.05, 0) is 32.9 Å². The normalized spacial score (nSPS) is 10.9. The fraction of sp³-hybridized carbons (Fsp3) is 0.467. The molecule has 0 heterocycles. The number of Topliss-reactive ketones (excluding diaryl/α,β-unsaturated/α-hetero) is 1. The molecule has 1 amide bonds. The zero-order valence-electron chi connectivity index (χ0n) is 12.2. The van der Waals surface area contributed by atoms with Gasteiger partial charge >= 0.3 is 0 Å². The Bertz CT molecular complexity index is 472. The van der Waals surface area contributed by atoms with E-state index in [1.54, 1.807) is 24.3 Å². The van der Waals surface area contributed by atoms with E-state index in [4.69, 9.17) is 5.11 Å². The molecule has 5 heteroatoms. The van der Waals surface area contributed by atoms with Crippen molar-refractivity contribution in [3.63, 3.8) is 0 Å². The first-order chi connectivity index (χ1) is 9.45. The third kappa shape index (κ3) is 4.75. The van der Waals surface area contributed by atoms with Crippen LogP contribution < -0.4 is 5.32 Å². The maximum atomic E-state index is 12.0. The molecule has 0 unspecified atom stereocenters. The second kappa shape index (κ2) is 7.77. The summed E-state index contributed by atoms with van der Waals surface area (Å²) < 4.78 is 0. The molecule has 1 aromatic carbocycles. The fourth-order valence-electron chi connectivity index (χ4n) is 1.92. The van der Waals surface area contributed by atoms with Gasteiger partial charge in [0, 0.05) is 18.2 Å². The van der Waals surface area contributed by atoms with Crippen LogP contribution in [-0.4, -0.2) is 47.4 Å². The average Bonchev–Trinajstić information content (AvgIpc) is 2.38. The van der Waals surface area contributed by atoms with E-state index in [1.165, 1.54) is 6.92 Å². The van der Waals surface area contributed by atoms with Crippen LogP contribution in [0.4, 0.5) is 5.69 Å². The zero-order valence-corrected chi connectivity index (χ0v) is 12.2. The molecule has 0 aliphatic heterocycles. The fourth-order valence-corrected chi connectivity index (χ4v) is 1.92. The van der Waals surface area contributed by atoms with Crippen molar-refractivity contribution < 1.29 is 14.7 Å². The topological polar surface area (TPSA) is 69.6 Å². The summed E-state index contributed by atoms with van der Waals surface area (Å²) in [6, 6.07) is 7.09. The summed E-state index contributed by atoms with van der Waals surface area (Å²) >= 11 is 0. The van der Waals surface area contributed by atoms with Crippen molar-refractivity contribution >= 4 is 17.4 Å². The Morgan fingerprint density at radius 2 is 1.95 bits per heavy atom. The maximum absolute atomic E-state index is 12.0. The quantitative estimate of drug-likeness (QED) is 0.742. The van der Waals surface area contributed by atoms with Crippen molar-refractivity contribution in [1.82, 2.24) is 4.90 Å². The third-order valence-electron chi connectivity index (χ3n) is 3.04. The lowest BCUT2D eigenvalue weighted by Gasteiger charge is -2.24. The van der Waals surface area contributed by atoms with Crippen LogP contribution in [0.25, 0.3) is 0 Å². The van der Waals surface area contributed by atoms with Crippen molar-refractivity contribution in [3.05, 3.63) is 29.8 Å². The number of amides is 1. The standard InChI is InChI=1S/C15H22N2O3/c1-11(2)17(8-9-18)10-15(20)16-14-7-5-4-6-13(14)12(3)19/h4-7,11,18H,8-10H2,1-3H3,(H,16,20). The summed E-state index contributed by atoms with van der Waals surface area (Å²) in [5.41, 5.74) is 1.02. The minimum Gasteiger partial charge on any atom is -0.395 e. The summed E-state index contributed by atoms with van der Waals surface area (Å²) in [7, 11) is 0. The number of aliphatic hydroxyl groups excluding tert-OH is 1. The van der Waals surface area contributed by atoms with Gasteiger partial charge in [0.1, 0.15) is 0 Å². The van der Waals surface area contributed by atoms with Gasteiger partial charge in [0.25, 0.3) is 0 Å². The highest BCUT2D eigenvalue weighted by atomic mass is 16.3. The Morgan fingerprint density at radius 1 is 1.30 bits per heavy atom. The number of hydrogen-bond acceptors (Lipinski definition) is 4. The Balaban J connectivity index is 2.73. The van der Waals surface area contributed by atoms with Gasteiger partial charge in [-0.3, -0.25) is 14.5 Å². The smallest absolute Gasteiger partial charge is 0.238 e. The van der Waals surface area contributed by atoms with Crippen LogP contribution >= 0.6 is 0 Å². The highest BCUT2D eigenvalue weighted by molar-refractivity contribution is 6.04. The maximum Gasteiger partial charge on any atom is 0.238 e. The molecule has 0 atom stereocenters. The summed E-state index contributed by atoms with van der Waals surface area (Å²) in [5, 5.41) is 11.7. The Kier molecular flexibility index (Phi) is 6.35. The first kappa shape index (κ1) is 16.3. The van der Waals surface area contributed by atoms with Crippen LogP contribution in [0.1, 0.15) is 31.1 Å². The van der Waals surface area contributed by atoms with Gasteiger partial charge in [-0.1, -0.05) is 12.1 Å². The molecule has 0 aromatic heterocycles. The molecule has 0 saturated carbocycles. The molecular formula is C15H22N2O3. The summed E-state index contributed by atoms with van der Waals surface area (Å²) in [4.78, 5) is 25.4. The van der Waals surface area contributed by atoms with E-state index in [2.05, 4.69) is 5.32 Å². The molecule has 0 aliphatic rings. The molecule has 2 N–H and O–H groups in total. The van der Waals surface area contributed by atoms with Crippen LogP contribution in [0.5, 0.6) is 0 Å². The molecule has 0 spiro atoms. The Morgan fingerprint density at radius 3 is 2.50 bits per heavy atom. The number of benzene rings is 1. The number of ketones is 1. The average molecular weight is 278 g/mol. The summed E-state index contributed by atoms with van der Waals surface area (Å²) in [6.07, 6.45) is 0. The number of para-hydroxylation sites is 1. The number of nitrogens with one attached hydrogen (secondary N) is 1. The van der Waals surface area contributed by atoms with E-state index in [0.717, 1.165) is 0 Å². The van der Waals surface area contributed by atoms with E-state index >= 15 is 0 Å². The Labute approximate surface area is 119 Å². The zero-order chi connectivity index (χ0) is 15.1. The van der Waals surface area contributed by atoms with Gasteiger partial charge < -0.3 is 10.4 Å². The molecule has 1 aromatic rings. The predicted molar refractivity (Wildman–Crippen MR) is 78.9 cm³/mol. The number of rotatable bonds is 7. The number of nitrogens with zero attached hydrogens (tertiary/aromatic N) is 1. The lowest BCUT2D eigenvalue weighted by Crippen LogP contribution is -2.39. The minimum atomic E-state index is -0.194. The van der Waals surface area contributed by atoms with E-state index in [0.29, 0.717) is 17.8 Å². The van der Waals surface area contributed by atoms with Crippen LogP contribution in [0, 0.1) is 0 Å². The van der Waals surface area contributed by atoms with Gasteiger partial charge in [0.05, 0.1) is 18.8 Å². The van der Waals surface area contributed by atoms with E-state index < -0.39 is 0 Å². The van der Waals surface area contributed by atoms with Crippen molar-refractivity contribution in [1.29, 1.82) is 0 Å². The molecule has 110 valence electrons. The lowest BCUT2D eigenvalue weighted by molar-refractivity contribution is -0.117. The van der Waals surface area contributed by atoms with Crippen LogP contribution in [0.2, 0.25) is 0 Å². The van der Waals surface area contributed by atoms with Crippen molar-refractivity contribution in [2.75, 3.05) is 25.0 Å². The van der Waals surface area contributed by atoms with Crippen molar-refractivity contribution in [2.24, 2.45) is 0 Å². The first-order valence-corrected chi connectivity index (χ1v) is 6.70. The highest BCUT2D eigenvalue weighted by Crippen LogP contribution is 2.15. The van der Waals surface area contributed by atoms with Gasteiger partial charge in [-0.15, -0.1) is 0 Å². The molecule has 1 rings (SSSR count). The van der Waals surface area contributed by atoms with E-state index in [1.807, 2.05) is 18.7 Å². The van der Waals surface area contributed by atoms with E-state index in [9.17, 15) is 9.59 Å². The monoisotopic (exact) mass is 278 g/mol. The van der Waals surface area contributed by atoms with E-state index in [-0.39, 0.29) is 30.9 Å². The number of carbonyl (C=O) groups is 2. The lowest BCUT2D eigenvalue weighted by atomic mass is 10.1. The highest BCUT2D eigenvalue weighted by Gasteiger charge is 2.15. The van der Waals surface area contributed by atoms with Gasteiger partial charge in [-0.2, -0.15) is 0 Å². The molecule has 0 saturated heterocycles. The summed E-state index contributed by atoms with van der Waals surface area (Å²) in [6.45, 7) is 6.04. The SMILES string of the molecule is CC(=O)c1ccccc1NC(=O)CN(CCO)C(C)C. The largest absolute Gasteiger partial charge is 0.395 e. The minimum absolute atomic E-state index is 0.00942. The molecular weight excluding hydrogens is 256 g/mol. The molecule has 0 aliphatic carbocycles. The van der Waals surface area contributed by atoms with Crippen molar-refractivity contribution in [2.45, 2.75) is 26.8 Å². The van der Waals surface area contributed by atoms with Gasteiger partial charge in [0.15, 0.2) is 5.78 Å². The number of anilines is 1. The third-order valence-corrected chi connectivity index (χ3v) is 3.04.